The Kier molecular flexibility index (Phi) is 3.58. The molecular weight excluding hydrogens is 356 g/mol. The molecule has 0 aliphatic heterocycles. The number of nitro groups is 2. The molecular formula is C8H3BrN6O6. The zero-order valence-electron chi connectivity index (χ0n) is 9.70. The molecule has 2 aromatic heterocycles. The third-order valence-corrected chi connectivity index (χ3v) is 2.70. The molecule has 1 N–H and O–H groups in total. The second-order valence-electron chi connectivity index (χ2n) is 3.45. The van der Waals surface area contributed by atoms with Gasteiger partial charge in [0.25, 0.3) is 10.6 Å². The summed E-state index contributed by atoms with van der Waals surface area (Å²) in [4.78, 5) is 37.6. The highest BCUT2D eigenvalue weighted by Gasteiger charge is 2.28. The van der Waals surface area contributed by atoms with Crippen LogP contribution in [0, 0.1) is 20.2 Å². The number of aromatic carboxylic acids is 1. The first kappa shape index (κ1) is 14.4. The van der Waals surface area contributed by atoms with Crippen molar-refractivity contribution in [1.82, 2.24) is 19.7 Å². The molecule has 0 unspecified atom stereocenters. The summed E-state index contributed by atoms with van der Waals surface area (Å²) >= 11 is 2.84. The number of rotatable bonds is 4. The lowest BCUT2D eigenvalue weighted by atomic mass is 10.3. The van der Waals surface area contributed by atoms with Crippen molar-refractivity contribution in [3.05, 3.63) is 42.8 Å². The molecule has 0 saturated heterocycles. The van der Waals surface area contributed by atoms with Gasteiger partial charge in [0.1, 0.15) is 0 Å². The minimum atomic E-state index is -1.42. The van der Waals surface area contributed by atoms with E-state index in [4.69, 9.17) is 5.11 Å². The standard InChI is InChI=1S/C8H3BrN6O6/c9-7-11-8(15(20)21)12-13(7)5-4(14(18)19)2-1-3(10-5)6(16)17/h1-2H,(H,16,17). The highest BCUT2D eigenvalue weighted by molar-refractivity contribution is 9.10. The van der Waals surface area contributed by atoms with Gasteiger partial charge in [0.15, 0.2) is 5.69 Å². The number of hydrogen-bond donors (Lipinski definition) is 1. The molecule has 0 aliphatic rings. The Morgan fingerprint density at radius 2 is 1.90 bits per heavy atom. The molecule has 108 valence electrons. The number of aromatic nitrogens is 4. The molecule has 0 radical (unpaired) electrons. The Morgan fingerprint density at radius 1 is 1.24 bits per heavy atom. The molecule has 2 heterocycles. The summed E-state index contributed by atoms with van der Waals surface area (Å²) in [5.41, 5.74) is -1.07. The van der Waals surface area contributed by atoms with Gasteiger partial charge in [-0.3, -0.25) is 10.1 Å². The van der Waals surface area contributed by atoms with Gasteiger partial charge in [-0.15, -0.1) is 4.68 Å². The second-order valence-corrected chi connectivity index (χ2v) is 4.16. The van der Waals surface area contributed by atoms with Crippen LogP contribution in [0.15, 0.2) is 16.9 Å². The minimum absolute atomic E-state index is 0.229. The maximum absolute atomic E-state index is 10.9. The van der Waals surface area contributed by atoms with Crippen molar-refractivity contribution in [1.29, 1.82) is 0 Å². The van der Waals surface area contributed by atoms with Crippen molar-refractivity contribution in [2.75, 3.05) is 0 Å². The van der Waals surface area contributed by atoms with Crippen LogP contribution in [0.3, 0.4) is 0 Å². The molecule has 0 aliphatic carbocycles. The van der Waals surface area contributed by atoms with E-state index in [-0.39, 0.29) is 4.73 Å². The lowest BCUT2D eigenvalue weighted by Gasteiger charge is -2.00. The lowest BCUT2D eigenvalue weighted by molar-refractivity contribution is -0.394. The number of carboxylic acid groups (broad SMARTS) is 1. The van der Waals surface area contributed by atoms with E-state index in [1.165, 1.54) is 0 Å². The van der Waals surface area contributed by atoms with E-state index in [1.54, 1.807) is 0 Å². The summed E-state index contributed by atoms with van der Waals surface area (Å²) < 4.78 is 0.440. The van der Waals surface area contributed by atoms with E-state index >= 15 is 0 Å². The van der Waals surface area contributed by atoms with Gasteiger partial charge in [0.05, 0.1) is 4.92 Å². The molecule has 0 saturated carbocycles. The summed E-state index contributed by atoms with van der Waals surface area (Å²) in [6.45, 7) is 0. The maximum atomic E-state index is 10.9. The second kappa shape index (κ2) is 5.20. The summed E-state index contributed by atoms with van der Waals surface area (Å²) in [6, 6.07) is 1.84. The first-order valence-corrected chi connectivity index (χ1v) is 5.76. The van der Waals surface area contributed by atoms with E-state index in [1.807, 2.05) is 0 Å². The third kappa shape index (κ3) is 2.66. The Hall–Kier alpha value is -2.96. The van der Waals surface area contributed by atoms with E-state index in [0.717, 1.165) is 12.1 Å². The number of carbonyl (C=O) groups is 1. The molecule has 0 bridgehead atoms. The fourth-order valence-corrected chi connectivity index (χ4v) is 1.76. The highest BCUT2D eigenvalue weighted by atomic mass is 79.9. The quantitative estimate of drug-likeness (QED) is 0.617. The Morgan fingerprint density at radius 3 is 2.38 bits per heavy atom. The fraction of sp³-hybridized carbons (Fsp3) is 0. The van der Waals surface area contributed by atoms with Gasteiger partial charge in [-0.05, 0) is 16.0 Å². The van der Waals surface area contributed by atoms with Crippen LogP contribution in [0.25, 0.3) is 5.82 Å². The molecule has 13 heteroatoms. The van der Waals surface area contributed by atoms with Crippen LogP contribution in [0.2, 0.25) is 0 Å². The van der Waals surface area contributed by atoms with Gasteiger partial charge in [0.2, 0.25) is 0 Å². The Balaban J connectivity index is 2.71. The average molecular weight is 359 g/mol. The Bertz CT molecular complexity index is 773. The maximum Gasteiger partial charge on any atom is 0.492 e. The predicted molar refractivity (Wildman–Crippen MR) is 67.1 cm³/mol. The van der Waals surface area contributed by atoms with Crippen molar-refractivity contribution in [3.8, 4) is 5.82 Å². The van der Waals surface area contributed by atoms with E-state index in [2.05, 4.69) is 31.0 Å². The molecule has 2 aromatic rings. The largest absolute Gasteiger partial charge is 0.492 e. The molecule has 0 amide bonds. The van der Waals surface area contributed by atoms with Gasteiger partial charge in [-0.1, -0.05) is 0 Å². The van der Waals surface area contributed by atoms with Crippen LogP contribution in [0.1, 0.15) is 10.5 Å². The molecule has 0 aromatic carbocycles. The van der Waals surface area contributed by atoms with E-state index in [9.17, 15) is 25.0 Å². The minimum Gasteiger partial charge on any atom is -0.477 e. The van der Waals surface area contributed by atoms with Crippen LogP contribution < -0.4 is 0 Å². The zero-order valence-corrected chi connectivity index (χ0v) is 11.3. The first-order valence-electron chi connectivity index (χ1n) is 4.97. The van der Waals surface area contributed by atoms with Gasteiger partial charge >= 0.3 is 17.6 Å². The highest BCUT2D eigenvalue weighted by Crippen LogP contribution is 2.25. The summed E-state index contributed by atoms with van der Waals surface area (Å²) in [5.74, 6) is -2.75. The fourth-order valence-electron chi connectivity index (χ4n) is 1.35. The molecule has 0 spiro atoms. The summed E-state index contributed by atoms with van der Waals surface area (Å²) in [6.07, 6.45) is 0. The van der Waals surface area contributed by atoms with Gasteiger partial charge in [-0.25, -0.2) is 9.78 Å². The molecule has 2 rings (SSSR count). The number of hydrogen-bond acceptors (Lipinski definition) is 8. The van der Waals surface area contributed by atoms with Gasteiger partial charge in [0, 0.05) is 27.1 Å². The molecule has 21 heavy (non-hydrogen) atoms. The van der Waals surface area contributed by atoms with Crippen LogP contribution in [0.5, 0.6) is 0 Å². The van der Waals surface area contributed by atoms with Crippen LogP contribution in [-0.2, 0) is 0 Å². The van der Waals surface area contributed by atoms with Crippen LogP contribution >= 0.6 is 15.9 Å². The van der Waals surface area contributed by atoms with Crippen molar-refractivity contribution < 1.29 is 19.7 Å². The van der Waals surface area contributed by atoms with Crippen molar-refractivity contribution in [2.24, 2.45) is 0 Å². The van der Waals surface area contributed by atoms with Gasteiger partial charge < -0.3 is 15.2 Å². The van der Waals surface area contributed by atoms with Gasteiger partial charge in [-0.2, -0.15) is 0 Å². The number of halogens is 1. The first-order chi connectivity index (χ1) is 9.81. The smallest absolute Gasteiger partial charge is 0.477 e. The summed E-state index contributed by atoms with van der Waals surface area (Å²) in [7, 11) is 0. The molecule has 12 nitrogen and oxygen atoms in total. The van der Waals surface area contributed by atoms with Crippen LogP contribution in [-0.4, -0.2) is 40.7 Å². The van der Waals surface area contributed by atoms with Crippen molar-refractivity contribution in [2.45, 2.75) is 0 Å². The topological polar surface area (TPSA) is 167 Å². The van der Waals surface area contributed by atoms with Crippen molar-refractivity contribution in [3.63, 3.8) is 0 Å². The molecule has 0 fully saturated rings. The summed E-state index contributed by atoms with van der Waals surface area (Å²) in [5, 5.41) is 33.8. The Labute approximate surface area is 122 Å². The van der Waals surface area contributed by atoms with E-state index in [0.29, 0.717) is 4.68 Å². The monoisotopic (exact) mass is 358 g/mol. The normalized spacial score (nSPS) is 10.3. The zero-order chi connectivity index (χ0) is 15.7. The van der Waals surface area contributed by atoms with Crippen LogP contribution in [0.4, 0.5) is 11.6 Å². The van der Waals surface area contributed by atoms with Crippen molar-refractivity contribution >= 4 is 33.5 Å². The average Bonchev–Trinajstić information content (AvgIpc) is 2.80. The number of carboxylic acids is 1. The predicted octanol–water partition coefficient (Wildman–Crippen LogP) is 0.939. The lowest BCUT2D eigenvalue weighted by Crippen LogP contribution is -2.09. The van der Waals surface area contributed by atoms with E-state index < -0.39 is 39.0 Å². The SMILES string of the molecule is O=C(O)c1ccc([N+](=O)[O-])c(-n2nc([N+](=O)[O-])nc2Br)n1. The molecule has 0 atom stereocenters. The third-order valence-electron chi connectivity index (χ3n) is 2.19. The number of pyridine rings is 1. The number of nitrogens with zero attached hydrogens (tertiary/aromatic N) is 6.